The van der Waals surface area contributed by atoms with Crippen LogP contribution in [0.4, 0.5) is 0 Å². The van der Waals surface area contributed by atoms with Crippen molar-refractivity contribution in [3.63, 3.8) is 0 Å². The van der Waals surface area contributed by atoms with Crippen LogP contribution in [0.15, 0.2) is 0 Å². The zero-order valence-corrected chi connectivity index (χ0v) is 16.7. The van der Waals surface area contributed by atoms with Gasteiger partial charge in [0.1, 0.15) is 0 Å². The minimum absolute atomic E-state index is 0.923. The third-order valence-electron chi connectivity index (χ3n) is 3.53. The van der Waals surface area contributed by atoms with Crippen molar-refractivity contribution in [1.82, 2.24) is 0 Å². The van der Waals surface area contributed by atoms with E-state index >= 15 is 0 Å². The summed E-state index contributed by atoms with van der Waals surface area (Å²) in [5.74, 6) is 0. The highest BCUT2D eigenvalue weighted by atomic mass is 127. The Morgan fingerprint density at radius 3 is 1.44 bits per heavy atom. The molecule has 0 bridgehead atoms. The summed E-state index contributed by atoms with van der Waals surface area (Å²) in [6, 6.07) is 0. The Labute approximate surface area is 143 Å². The third kappa shape index (κ3) is 13.9. The molecule has 0 aliphatic rings. The minimum Gasteiger partial charge on any atom is -0.0826 e. The Morgan fingerprint density at radius 1 is 0.556 bits per heavy atom. The number of unbranched alkanes of at least 4 members (excludes halogenated alkanes) is 6. The molecule has 0 fully saturated rings. The molecule has 0 radical (unpaired) electrons. The van der Waals surface area contributed by atoms with E-state index in [1.807, 2.05) is 0 Å². The van der Waals surface area contributed by atoms with Crippen LogP contribution < -0.4 is 0 Å². The number of alkyl halides is 2. The summed E-state index contributed by atoms with van der Waals surface area (Å²) >= 11 is 5.34. The van der Waals surface area contributed by atoms with Gasteiger partial charge in [-0.3, -0.25) is 0 Å². The molecule has 0 spiro atoms. The zero-order chi connectivity index (χ0) is 13.6. The molecule has 0 rings (SSSR count). The van der Waals surface area contributed by atoms with Crippen LogP contribution in [0.3, 0.4) is 0 Å². The minimum atomic E-state index is 0.923. The van der Waals surface area contributed by atoms with Crippen LogP contribution in [0.2, 0.25) is 0 Å². The fourth-order valence-electron chi connectivity index (χ4n) is 2.24. The van der Waals surface area contributed by atoms with Crippen LogP contribution in [0.5, 0.6) is 0 Å². The topological polar surface area (TPSA) is 0 Å². The summed E-state index contributed by atoms with van der Waals surface area (Å²) < 4.78 is 1.85. The van der Waals surface area contributed by atoms with Gasteiger partial charge in [-0.1, -0.05) is 110 Å². The van der Waals surface area contributed by atoms with E-state index in [1.54, 1.807) is 0 Å². The summed E-state index contributed by atoms with van der Waals surface area (Å²) in [5, 5.41) is 0. The molecule has 0 saturated carbocycles. The van der Waals surface area contributed by atoms with Crippen molar-refractivity contribution in [2.75, 3.05) is 0 Å². The van der Waals surface area contributed by atoms with Gasteiger partial charge in [0.05, 0.1) is 0 Å². The molecule has 2 atom stereocenters. The number of hydrogen-bond acceptors (Lipinski definition) is 0. The second-order valence-corrected chi connectivity index (χ2v) is 8.99. The first kappa shape index (κ1) is 19.5. The first-order chi connectivity index (χ1) is 8.70. The molecule has 2 unspecified atom stereocenters. The van der Waals surface area contributed by atoms with Crippen LogP contribution >= 0.6 is 45.2 Å². The zero-order valence-electron chi connectivity index (χ0n) is 12.4. The smallest absolute Gasteiger partial charge is 0.0110 e. The predicted octanol–water partition coefficient (Wildman–Crippen LogP) is 7.31. The van der Waals surface area contributed by atoms with E-state index in [1.165, 1.54) is 77.0 Å². The molecule has 110 valence electrons. The van der Waals surface area contributed by atoms with Gasteiger partial charge in [-0.25, -0.2) is 0 Å². The molecule has 0 aromatic carbocycles. The van der Waals surface area contributed by atoms with Crippen molar-refractivity contribution in [1.29, 1.82) is 0 Å². The third-order valence-corrected chi connectivity index (χ3v) is 6.03. The van der Waals surface area contributed by atoms with Gasteiger partial charge < -0.3 is 0 Å². The van der Waals surface area contributed by atoms with Gasteiger partial charge in [0, 0.05) is 7.85 Å². The van der Waals surface area contributed by atoms with E-state index in [0.29, 0.717) is 0 Å². The molecule has 0 amide bonds. The number of halogens is 2. The van der Waals surface area contributed by atoms with Crippen molar-refractivity contribution in [2.45, 2.75) is 98.7 Å². The number of rotatable bonds is 13. The van der Waals surface area contributed by atoms with Crippen molar-refractivity contribution >= 4 is 45.2 Å². The molecular formula is C16H32I2. The van der Waals surface area contributed by atoms with Crippen molar-refractivity contribution in [3.8, 4) is 0 Å². The first-order valence-corrected chi connectivity index (χ1v) is 10.5. The molecule has 0 aliphatic heterocycles. The summed E-state index contributed by atoms with van der Waals surface area (Å²) in [6.45, 7) is 4.59. The quantitative estimate of drug-likeness (QED) is 0.148. The largest absolute Gasteiger partial charge is 0.0826 e. The van der Waals surface area contributed by atoms with Gasteiger partial charge in [-0.15, -0.1) is 0 Å². The van der Waals surface area contributed by atoms with E-state index in [4.69, 9.17) is 0 Å². The van der Waals surface area contributed by atoms with E-state index < -0.39 is 0 Å². The average molecular weight is 478 g/mol. The Balaban J connectivity index is 3.31. The maximum atomic E-state index is 2.68. The lowest BCUT2D eigenvalue weighted by atomic mass is 10.0. The Morgan fingerprint density at radius 2 is 0.944 bits per heavy atom. The van der Waals surface area contributed by atoms with Gasteiger partial charge in [0.25, 0.3) is 0 Å². The molecule has 18 heavy (non-hydrogen) atoms. The Bertz CT molecular complexity index is 159. The lowest BCUT2D eigenvalue weighted by molar-refractivity contribution is 0.567. The standard InChI is InChI=1S/C16H32I2/c1-3-5-7-8-10-12-16(18)14-13-15(17)11-9-6-4-2/h15-16H,3-14H2,1-2H3. The van der Waals surface area contributed by atoms with Crippen molar-refractivity contribution in [2.24, 2.45) is 0 Å². The van der Waals surface area contributed by atoms with Crippen LogP contribution in [-0.4, -0.2) is 7.85 Å². The molecule has 0 nitrogen and oxygen atoms in total. The monoisotopic (exact) mass is 478 g/mol. The Kier molecular flexibility index (Phi) is 16.1. The fourth-order valence-corrected chi connectivity index (χ4v) is 3.84. The maximum Gasteiger partial charge on any atom is 0.0110 e. The summed E-state index contributed by atoms with van der Waals surface area (Å²) in [5.41, 5.74) is 0. The predicted molar refractivity (Wildman–Crippen MR) is 102 cm³/mol. The van der Waals surface area contributed by atoms with Crippen molar-refractivity contribution in [3.05, 3.63) is 0 Å². The second kappa shape index (κ2) is 14.9. The van der Waals surface area contributed by atoms with Gasteiger partial charge >= 0.3 is 0 Å². The van der Waals surface area contributed by atoms with E-state index in [2.05, 4.69) is 59.0 Å². The maximum absolute atomic E-state index is 2.68. The van der Waals surface area contributed by atoms with Crippen molar-refractivity contribution < 1.29 is 0 Å². The summed E-state index contributed by atoms with van der Waals surface area (Å²) in [7, 11) is 0. The number of hydrogen-bond donors (Lipinski definition) is 0. The molecule has 0 saturated heterocycles. The highest BCUT2D eigenvalue weighted by Gasteiger charge is 2.08. The normalized spacial score (nSPS) is 14.7. The van der Waals surface area contributed by atoms with E-state index in [0.717, 1.165) is 7.85 Å². The molecule has 0 heterocycles. The molecule has 2 heteroatoms. The first-order valence-electron chi connectivity index (χ1n) is 7.98. The van der Waals surface area contributed by atoms with Crippen LogP contribution in [0.1, 0.15) is 90.9 Å². The molecular weight excluding hydrogens is 446 g/mol. The molecule has 0 aliphatic carbocycles. The highest BCUT2D eigenvalue weighted by molar-refractivity contribution is 14.1. The molecule has 0 aromatic heterocycles. The van der Waals surface area contributed by atoms with E-state index in [-0.39, 0.29) is 0 Å². The van der Waals surface area contributed by atoms with Gasteiger partial charge in [0.15, 0.2) is 0 Å². The summed E-state index contributed by atoms with van der Waals surface area (Å²) in [6.07, 6.45) is 17.1. The highest BCUT2D eigenvalue weighted by Crippen LogP contribution is 2.23. The average Bonchev–Trinajstić information content (AvgIpc) is 2.36. The van der Waals surface area contributed by atoms with Gasteiger partial charge in [-0.05, 0) is 25.7 Å². The molecule has 0 N–H and O–H groups in total. The van der Waals surface area contributed by atoms with Crippen LogP contribution in [0.25, 0.3) is 0 Å². The Hall–Kier alpha value is 1.46. The van der Waals surface area contributed by atoms with Gasteiger partial charge in [0.2, 0.25) is 0 Å². The SMILES string of the molecule is CCCCCCCC(I)CCC(I)CCCCC. The van der Waals surface area contributed by atoms with Crippen LogP contribution in [0, 0.1) is 0 Å². The fraction of sp³-hybridized carbons (Fsp3) is 1.00. The van der Waals surface area contributed by atoms with Crippen LogP contribution in [-0.2, 0) is 0 Å². The lowest BCUT2D eigenvalue weighted by Crippen LogP contribution is -2.04. The molecule has 0 aromatic rings. The second-order valence-electron chi connectivity index (χ2n) is 5.47. The van der Waals surface area contributed by atoms with E-state index in [9.17, 15) is 0 Å². The summed E-state index contributed by atoms with van der Waals surface area (Å²) in [4.78, 5) is 0. The van der Waals surface area contributed by atoms with Gasteiger partial charge in [-0.2, -0.15) is 0 Å². The lowest BCUT2D eigenvalue weighted by Gasteiger charge is -2.13.